The van der Waals surface area contributed by atoms with Crippen LogP contribution in [0.4, 0.5) is 4.39 Å². The Kier molecular flexibility index (Phi) is 4.94. The zero-order valence-corrected chi connectivity index (χ0v) is 17.7. The Morgan fingerprint density at radius 1 is 0.742 bits per heavy atom. The largest absolute Gasteiger partial charge is 0.279 e. The Balaban J connectivity index is 1.37. The molecule has 3 heterocycles. The van der Waals surface area contributed by atoms with Crippen LogP contribution in [0, 0.1) is 5.82 Å². The molecule has 0 radical (unpaired) electrons. The van der Waals surface area contributed by atoms with Crippen molar-refractivity contribution < 1.29 is 22.4 Å². The van der Waals surface area contributed by atoms with Crippen LogP contribution in [0.25, 0.3) is 11.1 Å². The van der Waals surface area contributed by atoms with Crippen LogP contribution in [0.2, 0.25) is 0 Å². The second-order valence-corrected chi connectivity index (χ2v) is 10.4. The first kappa shape index (κ1) is 20.3. The molecule has 2 amide bonds. The molecule has 2 unspecified atom stereocenters. The minimum absolute atomic E-state index is 0.137. The predicted molar refractivity (Wildman–Crippen MR) is 112 cm³/mol. The van der Waals surface area contributed by atoms with Crippen molar-refractivity contribution >= 4 is 21.8 Å². The summed E-state index contributed by atoms with van der Waals surface area (Å²) in [5, 5.41) is 0. The van der Waals surface area contributed by atoms with Crippen LogP contribution in [0.15, 0.2) is 53.4 Å². The molecule has 8 heteroatoms. The highest BCUT2D eigenvalue weighted by atomic mass is 32.2. The number of fused-ring (bicyclic) bond motifs is 2. The molecule has 3 saturated heterocycles. The molecule has 2 bridgehead atoms. The number of nitrogens with zero attached hydrogens (tertiary/aromatic N) is 2. The lowest BCUT2D eigenvalue weighted by Gasteiger charge is -2.40. The summed E-state index contributed by atoms with van der Waals surface area (Å²) in [6.07, 6.45) is 3.00. The number of imide groups is 1. The molecular formula is C23H23FN2O4S. The van der Waals surface area contributed by atoms with E-state index in [-0.39, 0.29) is 53.5 Å². The maximum Gasteiger partial charge on any atom is 0.243 e. The van der Waals surface area contributed by atoms with Crippen LogP contribution in [0.3, 0.4) is 0 Å². The Labute approximate surface area is 180 Å². The summed E-state index contributed by atoms with van der Waals surface area (Å²) < 4.78 is 41.6. The zero-order valence-electron chi connectivity index (χ0n) is 16.9. The molecule has 3 fully saturated rings. The molecule has 5 rings (SSSR count). The highest BCUT2D eigenvalue weighted by Crippen LogP contribution is 2.42. The van der Waals surface area contributed by atoms with E-state index in [4.69, 9.17) is 0 Å². The lowest BCUT2D eigenvalue weighted by Crippen LogP contribution is -2.53. The van der Waals surface area contributed by atoms with Crippen LogP contribution in [0.1, 0.15) is 38.5 Å². The molecule has 2 aromatic carbocycles. The summed E-state index contributed by atoms with van der Waals surface area (Å²) in [4.78, 5) is 25.9. The number of piperidine rings is 1. The molecule has 2 aromatic rings. The summed E-state index contributed by atoms with van der Waals surface area (Å²) in [5.74, 6) is -0.594. The average molecular weight is 443 g/mol. The van der Waals surface area contributed by atoms with Gasteiger partial charge in [0.15, 0.2) is 0 Å². The second kappa shape index (κ2) is 7.53. The van der Waals surface area contributed by atoms with Gasteiger partial charge in [-0.05, 0) is 61.1 Å². The third kappa shape index (κ3) is 3.47. The number of likely N-dealkylation sites (tertiary alicyclic amines) is 1. The number of amides is 2. The third-order valence-corrected chi connectivity index (χ3v) is 8.72. The van der Waals surface area contributed by atoms with Gasteiger partial charge in [-0.25, -0.2) is 12.8 Å². The Bertz CT molecular complexity index is 1100. The number of sulfonamides is 1. The Hall–Kier alpha value is -2.58. The van der Waals surface area contributed by atoms with Gasteiger partial charge < -0.3 is 0 Å². The lowest BCUT2D eigenvalue weighted by atomic mass is 9.98. The van der Waals surface area contributed by atoms with Crippen LogP contribution >= 0.6 is 0 Å². The van der Waals surface area contributed by atoms with E-state index in [0.717, 1.165) is 24.0 Å². The highest BCUT2D eigenvalue weighted by molar-refractivity contribution is 7.89. The smallest absolute Gasteiger partial charge is 0.243 e. The molecule has 0 aromatic heterocycles. The summed E-state index contributed by atoms with van der Waals surface area (Å²) in [6, 6.07) is 12.1. The fraction of sp³-hybridized carbons (Fsp3) is 0.391. The van der Waals surface area contributed by atoms with Gasteiger partial charge in [-0.1, -0.05) is 24.3 Å². The minimum Gasteiger partial charge on any atom is -0.279 e. The number of hydrogen-bond donors (Lipinski definition) is 0. The van der Waals surface area contributed by atoms with Crippen molar-refractivity contribution in [3.63, 3.8) is 0 Å². The van der Waals surface area contributed by atoms with Gasteiger partial charge in [0.1, 0.15) is 5.82 Å². The van der Waals surface area contributed by atoms with Crippen molar-refractivity contribution in [2.75, 3.05) is 0 Å². The van der Waals surface area contributed by atoms with Crippen molar-refractivity contribution in [3.8, 4) is 11.1 Å². The monoisotopic (exact) mass is 442 g/mol. The van der Waals surface area contributed by atoms with Crippen molar-refractivity contribution in [1.82, 2.24) is 9.21 Å². The lowest BCUT2D eigenvalue weighted by molar-refractivity contribution is -0.142. The van der Waals surface area contributed by atoms with Gasteiger partial charge in [0, 0.05) is 31.0 Å². The molecule has 0 N–H and O–H groups in total. The first-order valence-electron chi connectivity index (χ1n) is 10.6. The maximum atomic E-state index is 13.4. The summed E-state index contributed by atoms with van der Waals surface area (Å²) in [5.41, 5.74) is 1.62. The normalized spacial score (nSPS) is 26.6. The van der Waals surface area contributed by atoms with Gasteiger partial charge in [-0.2, -0.15) is 4.31 Å². The number of hydrogen-bond acceptors (Lipinski definition) is 4. The molecule has 3 aliphatic heterocycles. The van der Waals surface area contributed by atoms with E-state index in [2.05, 4.69) is 0 Å². The number of carbonyl (C=O) groups is 2. The van der Waals surface area contributed by atoms with Gasteiger partial charge in [0.05, 0.1) is 4.90 Å². The maximum absolute atomic E-state index is 13.4. The fourth-order valence-electron chi connectivity index (χ4n) is 5.29. The van der Waals surface area contributed by atoms with Gasteiger partial charge in [-0.15, -0.1) is 0 Å². The van der Waals surface area contributed by atoms with E-state index in [1.165, 1.54) is 17.0 Å². The highest BCUT2D eigenvalue weighted by Gasteiger charge is 2.50. The van der Waals surface area contributed by atoms with E-state index in [1.54, 1.807) is 40.7 Å². The van der Waals surface area contributed by atoms with Crippen LogP contribution in [-0.4, -0.2) is 47.6 Å². The van der Waals surface area contributed by atoms with Gasteiger partial charge in [-0.3, -0.25) is 14.5 Å². The Morgan fingerprint density at radius 3 is 1.74 bits per heavy atom. The molecule has 31 heavy (non-hydrogen) atoms. The molecule has 6 nitrogen and oxygen atoms in total. The van der Waals surface area contributed by atoms with E-state index in [0.29, 0.717) is 12.8 Å². The van der Waals surface area contributed by atoms with Crippen molar-refractivity contribution in [1.29, 1.82) is 0 Å². The van der Waals surface area contributed by atoms with Crippen LogP contribution < -0.4 is 0 Å². The summed E-state index contributed by atoms with van der Waals surface area (Å²) in [7, 11) is -3.69. The number of benzene rings is 2. The van der Waals surface area contributed by atoms with Crippen LogP contribution in [0.5, 0.6) is 0 Å². The molecule has 3 aliphatic rings. The summed E-state index contributed by atoms with van der Waals surface area (Å²) in [6.45, 7) is 0. The second-order valence-electron chi connectivity index (χ2n) is 8.53. The molecular weight excluding hydrogens is 419 g/mol. The first-order valence-corrected chi connectivity index (χ1v) is 12.0. The van der Waals surface area contributed by atoms with Crippen LogP contribution in [-0.2, 0) is 19.6 Å². The summed E-state index contributed by atoms with van der Waals surface area (Å²) >= 11 is 0. The van der Waals surface area contributed by atoms with Gasteiger partial charge in [0.25, 0.3) is 0 Å². The van der Waals surface area contributed by atoms with E-state index in [9.17, 15) is 22.4 Å². The van der Waals surface area contributed by atoms with E-state index < -0.39 is 10.0 Å². The first-order chi connectivity index (χ1) is 14.8. The minimum atomic E-state index is -3.69. The van der Waals surface area contributed by atoms with Gasteiger partial charge >= 0.3 is 0 Å². The van der Waals surface area contributed by atoms with Crippen molar-refractivity contribution in [3.05, 3.63) is 54.3 Å². The third-order valence-electron chi connectivity index (χ3n) is 6.70. The quantitative estimate of drug-likeness (QED) is 0.681. The van der Waals surface area contributed by atoms with E-state index >= 15 is 0 Å². The van der Waals surface area contributed by atoms with Gasteiger partial charge in [0.2, 0.25) is 21.8 Å². The number of rotatable bonds is 4. The number of carbonyl (C=O) groups excluding carboxylic acids is 2. The van der Waals surface area contributed by atoms with Crippen molar-refractivity contribution in [2.24, 2.45) is 0 Å². The predicted octanol–water partition coefficient (Wildman–Crippen LogP) is 3.33. The SMILES string of the molecule is O=C1CCC(=O)N1C1CC2CCC(C1)N2S(=O)(=O)c1ccc(-c2ccc(F)cc2)cc1. The fourth-order valence-corrected chi connectivity index (χ4v) is 7.18. The van der Waals surface area contributed by atoms with E-state index in [1.807, 2.05) is 0 Å². The molecule has 0 aliphatic carbocycles. The standard InChI is InChI=1S/C23H23FN2O4S/c24-17-5-1-15(2-6-17)16-3-9-21(10-4-16)31(29,30)26-18-7-8-19(26)14-20(13-18)25-22(27)11-12-23(25)28/h1-6,9-10,18-20H,7-8,11-14H2. The zero-order chi connectivity index (χ0) is 21.8. The molecule has 0 spiro atoms. The number of halogens is 1. The topological polar surface area (TPSA) is 74.8 Å². The molecule has 2 atom stereocenters. The molecule has 162 valence electrons. The molecule has 0 saturated carbocycles. The average Bonchev–Trinajstić information content (AvgIpc) is 3.24. The van der Waals surface area contributed by atoms with Crippen molar-refractivity contribution in [2.45, 2.75) is 61.5 Å². The Morgan fingerprint density at radius 2 is 1.23 bits per heavy atom.